The maximum atomic E-state index is 8.49. The standard InChI is InChI=1S/C19H14NS.ClHO4/c1-2-6-15(7-3-1)16-9-11-17(12-10-16)18-14-21-19-8-4-5-13-20(18)19;2-1(3,4)5/h1-14H;(H,2,3,4,5)/q+1;/p-1. The molecule has 0 radical (unpaired) electrons. The second kappa shape index (κ2) is 7.92. The number of fused-ring (bicyclic) bond motifs is 1. The van der Waals surface area contributed by atoms with Crippen LogP contribution in [0.15, 0.2) is 84.4 Å². The molecule has 2 heterocycles. The number of halogens is 1. The van der Waals surface area contributed by atoms with Gasteiger partial charge < -0.3 is 0 Å². The monoisotopic (exact) mass is 387 g/mol. The number of pyridine rings is 1. The highest BCUT2D eigenvalue weighted by atomic mass is 35.7. The van der Waals surface area contributed by atoms with Crippen LogP contribution in [0.2, 0.25) is 0 Å². The quantitative estimate of drug-likeness (QED) is 0.454. The first-order chi connectivity index (χ1) is 12.4. The van der Waals surface area contributed by atoms with Gasteiger partial charge in [0.1, 0.15) is 0 Å². The summed E-state index contributed by atoms with van der Waals surface area (Å²) in [5.74, 6) is 0. The van der Waals surface area contributed by atoms with Crippen molar-refractivity contribution in [3.8, 4) is 22.4 Å². The molecule has 0 aliphatic carbocycles. The van der Waals surface area contributed by atoms with Gasteiger partial charge in [0.05, 0.1) is 5.38 Å². The lowest BCUT2D eigenvalue weighted by Gasteiger charge is -2.17. The predicted molar refractivity (Wildman–Crippen MR) is 88.4 cm³/mol. The summed E-state index contributed by atoms with van der Waals surface area (Å²) in [6.07, 6.45) is 2.12. The van der Waals surface area contributed by atoms with Gasteiger partial charge >= 0.3 is 0 Å². The average molecular weight is 388 g/mol. The van der Waals surface area contributed by atoms with Gasteiger partial charge in [-0.1, -0.05) is 53.8 Å². The van der Waals surface area contributed by atoms with Crippen molar-refractivity contribution in [2.24, 2.45) is 0 Å². The minimum absolute atomic E-state index is 1.25. The zero-order chi connectivity index (χ0) is 18.6. The Morgan fingerprint density at radius 3 is 1.85 bits per heavy atom. The minimum atomic E-state index is -4.94. The first kappa shape index (κ1) is 18.5. The normalized spacial score (nSPS) is 11.1. The van der Waals surface area contributed by atoms with Crippen LogP contribution in [-0.2, 0) is 0 Å². The SMILES string of the molecule is [O-][Cl+3]([O-])([O-])[O-].c1ccc(-c2ccc(-c3csc4cccc[n+]34)cc2)cc1. The van der Waals surface area contributed by atoms with E-state index in [1.165, 1.54) is 27.2 Å². The van der Waals surface area contributed by atoms with E-state index in [0.717, 1.165) is 0 Å². The summed E-state index contributed by atoms with van der Waals surface area (Å²) in [4.78, 5) is 1.26. The fourth-order valence-electron chi connectivity index (χ4n) is 2.57. The molecular formula is C19H14ClNO4S. The molecule has 0 unspecified atom stereocenters. The summed E-state index contributed by atoms with van der Waals surface area (Å²) in [7, 11) is -4.94. The van der Waals surface area contributed by atoms with Crippen LogP contribution in [0.5, 0.6) is 0 Å². The second-order valence-electron chi connectivity index (χ2n) is 5.35. The Kier molecular flexibility index (Phi) is 5.63. The Bertz CT molecular complexity index is 976. The number of hydrogen-bond acceptors (Lipinski definition) is 5. The van der Waals surface area contributed by atoms with Gasteiger partial charge in [-0.25, -0.2) is 18.6 Å². The van der Waals surface area contributed by atoms with Crippen molar-refractivity contribution >= 4 is 16.2 Å². The average Bonchev–Trinajstić information content (AvgIpc) is 3.05. The lowest BCUT2D eigenvalue weighted by atomic mass is 10.0. The summed E-state index contributed by atoms with van der Waals surface area (Å²) in [6.45, 7) is 0. The summed E-state index contributed by atoms with van der Waals surface area (Å²) in [6, 6.07) is 25.6. The van der Waals surface area contributed by atoms with Crippen molar-refractivity contribution < 1.29 is 33.3 Å². The van der Waals surface area contributed by atoms with Crippen LogP contribution in [0.1, 0.15) is 0 Å². The maximum absolute atomic E-state index is 8.49. The van der Waals surface area contributed by atoms with Crippen molar-refractivity contribution in [1.29, 1.82) is 0 Å². The number of hydrogen-bond donors (Lipinski definition) is 0. The molecule has 2 aromatic carbocycles. The van der Waals surface area contributed by atoms with E-state index in [9.17, 15) is 0 Å². The molecule has 0 aliphatic heterocycles. The maximum Gasteiger partial charge on any atom is 0.267 e. The molecule has 26 heavy (non-hydrogen) atoms. The number of benzene rings is 2. The van der Waals surface area contributed by atoms with Crippen molar-refractivity contribution in [1.82, 2.24) is 0 Å². The summed E-state index contributed by atoms with van der Waals surface area (Å²) >= 11 is 1.77. The molecule has 0 bridgehead atoms. The molecule has 0 aliphatic rings. The summed E-state index contributed by atoms with van der Waals surface area (Å²) in [5, 5.41) is 2.22. The van der Waals surface area contributed by atoms with Gasteiger partial charge in [-0.3, -0.25) is 0 Å². The van der Waals surface area contributed by atoms with Crippen molar-refractivity contribution in [3.63, 3.8) is 0 Å². The lowest BCUT2D eigenvalue weighted by Crippen LogP contribution is -2.68. The van der Waals surface area contributed by atoms with E-state index >= 15 is 0 Å². The lowest BCUT2D eigenvalue weighted by molar-refractivity contribution is -2.00. The minimum Gasteiger partial charge on any atom is -0.222 e. The van der Waals surface area contributed by atoms with Gasteiger partial charge in [-0.2, -0.15) is 4.40 Å². The van der Waals surface area contributed by atoms with Crippen molar-refractivity contribution in [2.45, 2.75) is 0 Å². The van der Waals surface area contributed by atoms with E-state index in [0.29, 0.717) is 0 Å². The van der Waals surface area contributed by atoms with Gasteiger partial charge in [0.2, 0.25) is 5.69 Å². The highest BCUT2D eigenvalue weighted by molar-refractivity contribution is 7.15. The molecule has 7 heteroatoms. The van der Waals surface area contributed by atoms with Gasteiger partial charge in [-0.05, 0) is 29.3 Å². The Morgan fingerprint density at radius 1 is 0.654 bits per heavy atom. The van der Waals surface area contributed by atoms with E-state index in [1.54, 1.807) is 11.3 Å². The topological polar surface area (TPSA) is 96.3 Å². The summed E-state index contributed by atoms with van der Waals surface area (Å²) in [5.41, 5.74) is 5.00. The van der Waals surface area contributed by atoms with Crippen LogP contribution < -0.4 is 23.0 Å². The zero-order valence-electron chi connectivity index (χ0n) is 13.4. The van der Waals surface area contributed by atoms with E-state index in [-0.39, 0.29) is 0 Å². The van der Waals surface area contributed by atoms with Gasteiger partial charge in [0.25, 0.3) is 4.83 Å². The van der Waals surface area contributed by atoms with Crippen LogP contribution in [-0.4, -0.2) is 0 Å². The first-order valence-corrected chi connectivity index (χ1v) is 9.69. The predicted octanol–water partition coefficient (Wildman–Crippen LogP) is 0.0648. The van der Waals surface area contributed by atoms with Crippen LogP contribution >= 0.6 is 11.3 Å². The van der Waals surface area contributed by atoms with Gasteiger partial charge in [-0.15, -0.1) is 10.2 Å². The third-order valence-corrected chi connectivity index (χ3v) is 4.58. The molecule has 0 saturated carbocycles. The Hall–Kier alpha value is -2.32. The molecule has 0 amide bonds. The third kappa shape index (κ3) is 4.86. The molecule has 4 rings (SSSR count). The smallest absolute Gasteiger partial charge is 0.222 e. The van der Waals surface area contributed by atoms with Crippen molar-refractivity contribution in [3.05, 3.63) is 84.4 Å². The molecule has 0 atom stereocenters. The second-order valence-corrected chi connectivity index (χ2v) is 7.00. The molecule has 0 fully saturated rings. The fourth-order valence-corrected chi connectivity index (χ4v) is 3.48. The van der Waals surface area contributed by atoms with Crippen LogP contribution in [0.4, 0.5) is 0 Å². The number of nitrogens with zero attached hydrogens (tertiary/aromatic N) is 1. The van der Waals surface area contributed by atoms with E-state index in [2.05, 4.69) is 82.7 Å². The number of aromatic nitrogens is 1. The van der Waals surface area contributed by atoms with Gasteiger partial charge in [0.15, 0.2) is 6.20 Å². The van der Waals surface area contributed by atoms with Gasteiger partial charge in [0, 0.05) is 17.7 Å². The highest BCUT2D eigenvalue weighted by Gasteiger charge is 2.14. The molecule has 4 aromatic rings. The van der Waals surface area contributed by atoms with Crippen LogP contribution in [0.25, 0.3) is 27.2 Å². The van der Waals surface area contributed by atoms with E-state index < -0.39 is 10.2 Å². The largest absolute Gasteiger partial charge is 0.267 e. The first-order valence-electron chi connectivity index (χ1n) is 7.57. The summed E-state index contributed by atoms with van der Waals surface area (Å²) < 4.78 is 36.2. The number of rotatable bonds is 2. The number of thiazole rings is 1. The highest BCUT2D eigenvalue weighted by Crippen LogP contribution is 2.25. The van der Waals surface area contributed by atoms with Crippen LogP contribution in [0, 0.1) is 10.2 Å². The van der Waals surface area contributed by atoms with E-state index in [4.69, 9.17) is 18.6 Å². The fraction of sp³-hybridized carbons (Fsp3) is 0. The zero-order valence-corrected chi connectivity index (χ0v) is 15.0. The molecule has 5 nitrogen and oxygen atoms in total. The Balaban J connectivity index is 0.000000349. The third-order valence-electron chi connectivity index (χ3n) is 3.66. The Morgan fingerprint density at radius 2 is 1.19 bits per heavy atom. The molecule has 2 aromatic heterocycles. The van der Waals surface area contributed by atoms with Crippen LogP contribution in [0.3, 0.4) is 0 Å². The molecule has 0 N–H and O–H groups in total. The molecule has 132 valence electrons. The Labute approximate surface area is 156 Å². The molecule has 0 spiro atoms. The van der Waals surface area contributed by atoms with E-state index in [1.807, 2.05) is 6.07 Å². The molecule has 0 saturated heterocycles. The molecular weight excluding hydrogens is 374 g/mol. The van der Waals surface area contributed by atoms with Crippen molar-refractivity contribution in [2.75, 3.05) is 0 Å².